The molecule has 0 aromatic heterocycles. The van der Waals surface area contributed by atoms with E-state index in [9.17, 15) is 14.7 Å². The average Bonchev–Trinajstić information content (AvgIpc) is 2.61. The van der Waals surface area contributed by atoms with Crippen molar-refractivity contribution in [2.24, 2.45) is 5.92 Å². The zero-order valence-electron chi connectivity index (χ0n) is 16.2. The number of carbonyl (C=O) groups excluding carboxylic acids is 1. The van der Waals surface area contributed by atoms with E-state index in [4.69, 9.17) is 0 Å². The van der Waals surface area contributed by atoms with Crippen LogP contribution in [0.25, 0.3) is 0 Å². The van der Waals surface area contributed by atoms with Crippen molar-refractivity contribution in [1.82, 2.24) is 10.2 Å². The number of amides is 1. The molecule has 1 aromatic carbocycles. The predicted octanol–water partition coefficient (Wildman–Crippen LogP) is 2.45. The molecule has 1 unspecified atom stereocenters. The number of piperazine rings is 1. The third kappa shape index (κ3) is 5.46. The maximum Gasteiger partial charge on any atom is 0.326 e. The Kier molecular flexibility index (Phi) is 7.03. The van der Waals surface area contributed by atoms with Crippen LogP contribution in [0, 0.1) is 5.92 Å². The first-order valence-corrected chi connectivity index (χ1v) is 9.40. The van der Waals surface area contributed by atoms with E-state index < -0.39 is 12.0 Å². The Morgan fingerprint density at radius 2 is 1.62 bits per heavy atom. The van der Waals surface area contributed by atoms with E-state index in [2.05, 4.69) is 29.0 Å². The quantitative estimate of drug-likeness (QED) is 0.780. The molecule has 144 valence electrons. The van der Waals surface area contributed by atoms with Gasteiger partial charge in [0, 0.05) is 43.5 Å². The SMILES string of the molecule is CC(C)CC(NC(=O)c1ccc(N2CCN(C(C)C)CC2)cc1)C(=O)O. The summed E-state index contributed by atoms with van der Waals surface area (Å²) in [5.74, 6) is -1.13. The standard InChI is InChI=1S/C20H31N3O3/c1-14(2)13-18(20(25)26)21-19(24)16-5-7-17(8-6-16)23-11-9-22(10-12-23)15(3)4/h5-8,14-15,18H,9-13H2,1-4H3,(H,21,24)(H,25,26). The van der Waals surface area contributed by atoms with Crippen molar-refractivity contribution in [3.8, 4) is 0 Å². The first-order chi connectivity index (χ1) is 12.3. The summed E-state index contributed by atoms with van der Waals surface area (Å²) >= 11 is 0. The smallest absolute Gasteiger partial charge is 0.326 e. The predicted molar refractivity (Wildman–Crippen MR) is 104 cm³/mol. The van der Waals surface area contributed by atoms with Crippen LogP contribution in [0.2, 0.25) is 0 Å². The second-order valence-electron chi connectivity index (χ2n) is 7.66. The van der Waals surface area contributed by atoms with Gasteiger partial charge in [-0.15, -0.1) is 0 Å². The number of anilines is 1. The Bertz CT molecular complexity index is 605. The Hall–Kier alpha value is -2.08. The molecule has 1 aliphatic heterocycles. The molecule has 0 spiro atoms. The van der Waals surface area contributed by atoms with Crippen LogP contribution in [0.4, 0.5) is 5.69 Å². The summed E-state index contributed by atoms with van der Waals surface area (Å²) < 4.78 is 0. The minimum atomic E-state index is -0.994. The zero-order chi connectivity index (χ0) is 19.3. The molecule has 1 saturated heterocycles. The van der Waals surface area contributed by atoms with Crippen LogP contribution in [-0.4, -0.2) is 60.1 Å². The number of carboxylic acids is 1. The molecule has 2 rings (SSSR count). The molecule has 1 heterocycles. The second kappa shape index (κ2) is 9.03. The minimum absolute atomic E-state index is 0.197. The van der Waals surface area contributed by atoms with E-state index in [0.717, 1.165) is 31.9 Å². The lowest BCUT2D eigenvalue weighted by atomic mass is 10.0. The molecule has 26 heavy (non-hydrogen) atoms. The molecule has 1 aromatic rings. The molecular formula is C20H31N3O3. The van der Waals surface area contributed by atoms with Gasteiger partial charge in [0.1, 0.15) is 6.04 Å². The molecule has 1 amide bonds. The van der Waals surface area contributed by atoms with Crippen LogP contribution in [0.15, 0.2) is 24.3 Å². The topological polar surface area (TPSA) is 72.9 Å². The van der Waals surface area contributed by atoms with Gasteiger partial charge in [0.15, 0.2) is 0 Å². The average molecular weight is 361 g/mol. The van der Waals surface area contributed by atoms with Crippen LogP contribution in [0.5, 0.6) is 0 Å². The summed E-state index contributed by atoms with van der Waals surface area (Å²) in [6.07, 6.45) is 0.416. The van der Waals surface area contributed by atoms with Gasteiger partial charge in [-0.1, -0.05) is 13.8 Å². The monoisotopic (exact) mass is 361 g/mol. The van der Waals surface area contributed by atoms with Crippen molar-refractivity contribution in [2.75, 3.05) is 31.1 Å². The van der Waals surface area contributed by atoms with Crippen LogP contribution in [0.1, 0.15) is 44.5 Å². The van der Waals surface area contributed by atoms with E-state index in [1.807, 2.05) is 26.0 Å². The van der Waals surface area contributed by atoms with E-state index >= 15 is 0 Å². The molecule has 6 nitrogen and oxygen atoms in total. The number of hydrogen-bond acceptors (Lipinski definition) is 4. The fraction of sp³-hybridized carbons (Fsp3) is 0.600. The van der Waals surface area contributed by atoms with Crippen molar-refractivity contribution in [2.45, 2.75) is 46.2 Å². The van der Waals surface area contributed by atoms with Gasteiger partial charge in [0.25, 0.3) is 5.91 Å². The largest absolute Gasteiger partial charge is 0.480 e. The van der Waals surface area contributed by atoms with Gasteiger partial charge in [0.2, 0.25) is 0 Å². The number of carbonyl (C=O) groups is 2. The van der Waals surface area contributed by atoms with Crippen molar-refractivity contribution < 1.29 is 14.7 Å². The third-order valence-electron chi connectivity index (χ3n) is 4.85. The van der Waals surface area contributed by atoms with E-state index in [1.165, 1.54) is 0 Å². The molecule has 1 aliphatic rings. The Morgan fingerprint density at radius 3 is 2.08 bits per heavy atom. The number of nitrogens with zero attached hydrogens (tertiary/aromatic N) is 2. The van der Waals surface area contributed by atoms with Gasteiger partial charge in [-0.25, -0.2) is 4.79 Å². The van der Waals surface area contributed by atoms with E-state index in [0.29, 0.717) is 18.0 Å². The summed E-state index contributed by atoms with van der Waals surface area (Å²) in [6, 6.07) is 7.14. The number of benzene rings is 1. The Morgan fingerprint density at radius 1 is 1.04 bits per heavy atom. The molecule has 0 aliphatic carbocycles. The number of aliphatic carboxylic acids is 1. The van der Waals surface area contributed by atoms with Crippen LogP contribution < -0.4 is 10.2 Å². The lowest BCUT2D eigenvalue weighted by Crippen LogP contribution is -2.48. The summed E-state index contributed by atoms with van der Waals surface area (Å²) in [5.41, 5.74) is 1.59. The number of hydrogen-bond donors (Lipinski definition) is 2. The first-order valence-electron chi connectivity index (χ1n) is 9.40. The number of rotatable bonds is 7. The number of carboxylic acid groups (broad SMARTS) is 1. The van der Waals surface area contributed by atoms with Gasteiger partial charge >= 0.3 is 5.97 Å². The summed E-state index contributed by atoms with van der Waals surface area (Å²) in [7, 11) is 0. The van der Waals surface area contributed by atoms with E-state index in [-0.39, 0.29) is 11.8 Å². The second-order valence-corrected chi connectivity index (χ2v) is 7.66. The summed E-state index contributed by atoms with van der Waals surface area (Å²) in [4.78, 5) is 28.4. The Balaban J connectivity index is 1.96. The Labute approximate surface area is 156 Å². The highest BCUT2D eigenvalue weighted by molar-refractivity contribution is 5.96. The van der Waals surface area contributed by atoms with Crippen LogP contribution in [0.3, 0.4) is 0 Å². The number of nitrogens with one attached hydrogen (secondary N) is 1. The van der Waals surface area contributed by atoms with Crippen molar-refractivity contribution >= 4 is 17.6 Å². The normalized spacial score (nSPS) is 16.8. The van der Waals surface area contributed by atoms with Gasteiger partial charge in [-0.3, -0.25) is 9.69 Å². The fourth-order valence-electron chi connectivity index (χ4n) is 3.25. The molecular weight excluding hydrogens is 330 g/mol. The highest BCUT2D eigenvalue weighted by Gasteiger charge is 2.22. The first kappa shape index (κ1) is 20.2. The van der Waals surface area contributed by atoms with Gasteiger partial charge in [0.05, 0.1) is 0 Å². The maximum absolute atomic E-state index is 12.4. The lowest BCUT2D eigenvalue weighted by Gasteiger charge is -2.38. The molecule has 1 fully saturated rings. The molecule has 2 N–H and O–H groups in total. The van der Waals surface area contributed by atoms with Gasteiger partial charge in [-0.2, -0.15) is 0 Å². The molecule has 0 bridgehead atoms. The maximum atomic E-state index is 12.4. The van der Waals surface area contributed by atoms with Gasteiger partial charge in [-0.05, 0) is 50.5 Å². The van der Waals surface area contributed by atoms with Crippen LogP contribution in [-0.2, 0) is 4.79 Å². The molecule has 6 heteroatoms. The molecule has 0 radical (unpaired) electrons. The summed E-state index contributed by atoms with van der Waals surface area (Å²) in [5, 5.41) is 11.9. The third-order valence-corrected chi connectivity index (χ3v) is 4.85. The zero-order valence-corrected chi connectivity index (χ0v) is 16.2. The molecule has 0 saturated carbocycles. The lowest BCUT2D eigenvalue weighted by molar-refractivity contribution is -0.139. The highest BCUT2D eigenvalue weighted by Crippen LogP contribution is 2.18. The van der Waals surface area contributed by atoms with Crippen molar-refractivity contribution in [3.63, 3.8) is 0 Å². The van der Waals surface area contributed by atoms with Crippen molar-refractivity contribution in [3.05, 3.63) is 29.8 Å². The summed E-state index contributed by atoms with van der Waals surface area (Å²) in [6.45, 7) is 12.3. The fourth-order valence-corrected chi connectivity index (χ4v) is 3.25. The highest BCUT2D eigenvalue weighted by atomic mass is 16.4. The minimum Gasteiger partial charge on any atom is -0.480 e. The van der Waals surface area contributed by atoms with Crippen LogP contribution >= 0.6 is 0 Å². The molecule has 1 atom stereocenters. The van der Waals surface area contributed by atoms with E-state index in [1.54, 1.807) is 12.1 Å². The van der Waals surface area contributed by atoms with Gasteiger partial charge < -0.3 is 15.3 Å². The van der Waals surface area contributed by atoms with Crippen molar-refractivity contribution in [1.29, 1.82) is 0 Å².